The van der Waals surface area contributed by atoms with Gasteiger partial charge in [-0.1, -0.05) is 60.7 Å². The van der Waals surface area contributed by atoms with Gasteiger partial charge in [-0.2, -0.15) is 0 Å². The predicted octanol–water partition coefficient (Wildman–Crippen LogP) is 5.18. The molecule has 0 radical (unpaired) electrons. The lowest BCUT2D eigenvalue weighted by Gasteiger charge is -2.36. The van der Waals surface area contributed by atoms with Crippen LogP contribution in [0.15, 0.2) is 78.4 Å². The van der Waals surface area contributed by atoms with Crippen molar-refractivity contribution in [3.63, 3.8) is 0 Å². The van der Waals surface area contributed by atoms with Crippen molar-refractivity contribution in [3.05, 3.63) is 95.1 Å². The molecule has 162 valence electrons. The number of rotatable bonds is 6. The number of benzene rings is 3. The quantitative estimate of drug-likeness (QED) is 0.505. The summed E-state index contributed by atoms with van der Waals surface area (Å²) in [6, 6.07) is 21.6. The zero-order valence-electron chi connectivity index (χ0n) is 17.9. The van der Waals surface area contributed by atoms with Crippen LogP contribution in [-0.2, 0) is 16.1 Å². The number of carbonyl (C=O) groups excluding carboxylic acids is 2. The summed E-state index contributed by atoms with van der Waals surface area (Å²) in [7, 11) is 3.05. The maximum absolute atomic E-state index is 13.5. The first-order chi connectivity index (χ1) is 15.7. The highest BCUT2D eigenvalue weighted by molar-refractivity contribution is 6.02. The van der Waals surface area contributed by atoms with Crippen LogP contribution < -0.4 is 14.4 Å². The topological polar surface area (TPSA) is 65.1 Å². The van der Waals surface area contributed by atoms with Crippen LogP contribution in [0.3, 0.4) is 0 Å². The maximum atomic E-state index is 13.5. The molecular weight excluding hydrogens is 406 g/mol. The van der Waals surface area contributed by atoms with E-state index in [1.54, 1.807) is 18.2 Å². The van der Waals surface area contributed by atoms with Crippen molar-refractivity contribution >= 4 is 24.1 Å². The van der Waals surface area contributed by atoms with Crippen molar-refractivity contribution in [3.8, 4) is 11.5 Å². The Labute approximate surface area is 186 Å². The highest BCUT2D eigenvalue weighted by Gasteiger charge is 2.38. The predicted molar refractivity (Wildman–Crippen MR) is 122 cm³/mol. The largest absolute Gasteiger partial charge is 0.493 e. The summed E-state index contributed by atoms with van der Waals surface area (Å²) in [4.78, 5) is 27.1. The second-order valence-electron chi connectivity index (χ2n) is 7.22. The van der Waals surface area contributed by atoms with Gasteiger partial charge in [0, 0.05) is 11.1 Å². The third-order valence-electron chi connectivity index (χ3n) is 5.34. The Hall–Kier alpha value is -4.06. The molecule has 0 bridgehead atoms. The second-order valence-corrected chi connectivity index (χ2v) is 7.22. The summed E-state index contributed by atoms with van der Waals surface area (Å²) in [5, 5.41) is 0. The molecular formula is C26H23NO5. The fourth-order valence-electron chi connectivity index (χ4n) is 3.89. The van der Waals surface area contributed by atoms with Gasteiger partial charge in [-0.05, 0) is 29.3 Å². The molecule has 4 rings (SSSR count). The van der Waals surface area contributed by atoms with Crippen molar-refractivity contribution < 1.29 is 23.8 Å². The van der Waals surface area contributed by atoms with Crippen molar-refractivity contribution in [1.82, 2.24) is 0 Å². The number of carbonyl (C=O) groups is 2. The van der Waals surface area contributed by atoms with Crippen molar-refractivity contribution in [2.24, 2.45) is 0 Å². The van der Waals surface area contributed by atoms with Crippen LogP contribution >= 0.6 is 0 Å². The molecule has 1 heterocycles. The molecule has 1 aliphatic rings. The minimum atomic E-state index is -0.675. The molecule has 0 spiro atoms. The van der Waals surface area contributed by atoms with E-state index < -0.39 is 12.1 Å². The molecule has 1 aliphatic heterocycles. The van der Waals surface area contributed by atoms with E-state index in [0.717, 1.165) is 17.4 Å². The van der Waals surface area contributed by atoms with Crippen LogP contribution in [0.4, 0.5) is 10.5 Å². The van der Waals surface area contributed by atoms with Crippen LogP contribution in [0.1, 0.15) is 22.7 Å². The molecule has 0 saturated carbocycles. The van der Waals surface area contributed by atoms with E-state index in [4.69, 9.17) is 14.2 Å². The number of fused-ring (bicyclic) bond motifs is 1. The van der Waals surface area contributed by atoms with Gasteiger partial charge in [-0.25, -0.2) is 4.79 Å². The summed E-state index contributed by atoms with van der Waals surface area (Å²) in [6.45, 7) is 0.0967. The number of aldehydes is 1. The average molecular weight is 429 g/mol. The molecule has 0 N–H and O–H groups in total. The molecule has 3 aromatic rings. The number of amides is 1. The molecule has 3 aromatic carbocycles. The van der Waals surface area contributed by atoms with Crippen LogP contribution in [0.25, 0.3) is 6.08 Å². The van der Waals surface area contributed by atoms with Gasteiger partial charge >= 0.3 is 6.09 Å². The monoisotopic (exact) mass is 429 g/mol. The molecule has 6 heteroatoms. The van der Waals surface area contributed by atoms with Gasteiger partial charge in [0.05, 0.1) is 20.3 Å². The molecule has 0 fully saturated rings. The van der Waals surface area contributed by atoms with Crippen molar-refractivity contribution in [1.29, 1.82) is 0 Å². The number of anilines is 1. The zero-order chi connectivity index (χ0) is 22.5. The van der Waals surface area contributed by atoms with Crippen LogP contribution in [0.5, 0.6) is 11.5 Å². The first kappa shape index (κ1) is 21.2. The first-order valence-corrected chi connectivity index (χ1v) is 10.1. The van der Waals surface area contributed by atoms with E-state index >= 15 is 0 Å². The first-order valence-electron chi connectivity index (χ1n) is 10.1. The van der Waals surface area contributed by atoms with Gasteiger partial charge in [-0.15, -0.1) is 0 Å². The summed E-state index contributed by atoms with van der Waals surface area (Å²) in [5.41, 5.74) is 3.22. The molecule has 0 aromatic heterocycles. The number of hydrogen-bond acceptors (Lipinski definition) is 5. The Morgan fingerprint density at radius 3 is 2.25 bits per heavy atom. The number of methoxy groups -OCH3 is 2. The van der Waals surface area contributed by atoms with E-state index in [2.05, 4.69) is 0 Å². The van der Waals surface area contributed by atoms with Gasteiger partial charge in [-0.3, -0.25) is 9.69 Å². The average Bonchev–Trinajstić information content (AvgIpc) is 2.86. The standard InChI is InChI=1S/C26H23NO5/c1-30-22-14-13-20-15-21(16-28)23(19-11-7-4-8-12-19)27(24(20)25(22)31-2)26(29)32-17-18-9-5-3-6-10-18/h3-16,23H,17H2,1-2H3/t23-/m1/s1. The van der Waals surface area contributed by atoms with Gasteiger partial charge in [0.15, 0.2) is 11.5 Å². The number of ether oxygens (including phenoxy) is 3. The molecule has 1 amide bonds. The van der Waals surface area contributed by atoms with E-state index in [-0.39, 0.29) is 6.61 Å². The third-order valence-corrected chi connectivity index (χ3v) is 5.34. The molecule has 0 saturated heterocycles. The minimum Gasteiger partial charge on any atom is -0.493 e. The smallest absolute Gasteiger partial charge is 0.415 e. The van der Waals surface area contributed by atoms with E-state index in [9.17, 15) is 9.59 Å². The fourth-order valence-corrected chi connectivity index (χ4v) is 3.89. The maximum Gasteiger partial charge on any atom is 0.415 e. The molecule has 0 unspecified atom stereocenters. The molecule has 32 heavy (non-hydrogen) atoms. The normalized spacial score (nSPS) is 14.8. The van der Waals surface area contributed by atoms with Gasteiger partial charge in [0.2, 0.25) is 0 Å². The lowest BCUT2D eigenvalue weighted by atomic mass is 9.90. The number of nitrogens with zero attached hydrogens (tertiary/aromatic N) is 1. The summed E-state index contributed by atoms with van der Waals surface area (Å²) < 4.78 is 16.8. The second kappa shape index (κ2) is 9.39. The lowest BCUT2D eigenvalue weighted by molar-refractivity contribution is -0.105. The summed E-state index contributed by atoms with van der Waals surface area (Å²) >= 11 is 0. The van der Waals surface area contributed by atoms with Crippen molar-refractivity contribution in [2.75, 3.05) is 19.1 Å². The lowest BCUT2D eigenvalue weighted by Crippen LogP contribution is -2.39. The molecule has 1 atom stereocenters. The highest BCUT2D eigenvalue weighted by atomic mass is 16.6. The van der Waals surface area contributed by atoms with E-state index in [1.807, 2.05) is 60.7 Å². The molecule has 6 nitrogen and oxygen atoms in total. The zero-order valence-corrected chi connectivity index (χ0v) is 17.9. The fraction of sp³-hybridized carbons (Fsp3) is 0.154. The summed E-state index contributed by atoms with van der Waals surface area (Å²) in [6.07, 6.45) is 1.94. The van der Waals surface area contributed by atoms with Crippen LogP contribution in [0.2, 0.25) is 0 Å². The Morgan fingerprint density at radius 2 is 1.62 bits per heavy atom. The minimum absolute atomic E-state index is 0.0967. The summed E-state index contributed by atoms with van der Waals surface area (Å²) in [5.74, 6) is 0.866. The van der Waals surface area contributed by atoms with Gasteiger partial charge in [0.1, 0.15) is 18.6 Å². The highest BCUT2D eigenvalue weighted by Crippen LogP contribution is 2.49. The SMILES string of the molecule is COc1ccc2c(c1OC)N(C(=O)OCc1ccccc1)[C@H](c1ccccc1)C(C=O)=C2. The van der Waals surface area contributed by atoms with Crippen LogP contribution in [-0.4, -0.2) is 26.6 Å². The van der Waals surface area contributed by atoms with Crippen LogP contribution in [0, 0.1) is 0 Å². The van der Waals surface area contributed by atoms with E-state index in [0.29, 0.717) is 28.3 Å². The third kappa shape index (κ3) is 3.95. The van der Waals surface area contributed by atoms with E-state index in [1.165, 1.54) is 19.1 Å². The molecule has 0 aliphatic carbocycles. The Kier molecular flexibility index (Phi) is 6.22. The Bertz CT molecular complexity index is 1140. The van der Waals surface area contributed by atoms with Gasteiger partial charge in [0.25, 0.3) is 0 Å². The van der Waals surface area contributed by atoms with Crippen molar-refractivity contribution in [2.45, 2.75) is 12.6 Å². The Morgan fingerprint density at radius 1 is 0.938 bits per heavy atom. The Balaban J connectivity index is 1.84. The van der Waals surface area contributed by atoms with Gasteiger partial charge < -0.3 is 14.2 Å². The number of hydrogen-bond donors (Lipinski definition) is 0.